The largest absolute Gasteiger partial charge is 3.00 e. The summed E-state index contributed by atoms with van der Waals surface area (Å²) in [5, 5.41) is 9.97. The first-order chi connectivity index (χ1) is 17.8. The zero-order valence-corrected chi connectivity index (χ0v) is 21.5. The number of hydrogen-bond donors (Lipinski definition) is 1. The van der Waals surface area contributed by atoms with Crippen molar-refractivity contribution >= 4 is 5.97 Å². The number of benzene rings is 2. The van der Waals surface area contributed by atoms with Crippen molar-refractivity contribution < 1.29 is 47.6 Å². The standard InChI is InChI=1S/C28H15F4N3O2.Ir/c29-15-11-18(25(20(31)13-15)22-5-1-3-8-33-22)17-7-10-35-27(28(36)37)24(17)19-12-16(30)14-21(32)26(19)23-6-2-4-9-34-23;/h1-14H,(H,36,37);/q;+3. The number of carboxylic acids is 1. The first-order valence-corrected chi connectivity index (χ1v) is 10.9. The molecule has 5 rings (SSSR count). The van der Waals surface area contributed by atoms with Crippen LogP contribution >= 0.6 is 0 Å². The number of aromatic carboxylic acids is 1. The van der Waals surface area contributed by atoms with Crippen LogP contribution in [0.5, 0.6) is 0 Å². The van der Waals surface area contributed by atoms with E-state index in [1.54, 1.807) is 24.3 Å². The Morgan fingerprint density at radius 3 is 1.63 bits per heavy atom. The number of carbonyl (C=O) groups is 1. The van der Waals surface area contributed by atoms with E-state index in [-0.39, 0.29) is 64.9 Å². The van der Waals surface area contributed by atoms with Gasteiger partial charge in [-0.1, -0.05) is 12.1 Å². The Morgan fingerprint density at radius 1 is 0.605 bits per heavy atom. The number of carboxylic acid groups (broad SMARTS) is 1. The third-order valence-corrected chi connectivity index (χ3v) is 5.67. The minimum atomic E-state index is -1.51. The number of rotatable bonds is 5. The second-order valence-corrected chi connectivity index (χ2v) is 7.94. The molecule has 188 valence electrons. The number of pyridine rings is 3. The Balaban J connectivity index is 0.00000336. The van der Waals surface area contributed by atoms with Crippen LogP contribution in [0.15, 0.2) is 85.3 Å². The molecular formula is C28H15F4IrN3O2+3. The smallest absolute Gasteiger partial charge is 0.476 e. The molecule has 0 saturated carbocycles. The molecule has 0 spiro atoms. The van der Waals surface area contributed by atoms with E-state index in [0.29, 0.717) is 12.1 Å². The van der Waals surface area contributed by atoms with Crippen LogP contribution < -0.4 is 0 Å². The van der Waals surface area contributed by atoms with Gasteiger partial charge in [-0.15, -0.1) is 0 Å². The van der Waals surface area contributed by atoms with E-state index in [4.69, 9.17) is 0 Å². The van der Waals surface area contributed by atoms with E-state index in [1.165, 1.54) is 30.6 Å². The molecule has 2 aromatic carbocycles. The van der Waals surface area contributed by atoms with Gasteiger partial charge >= 0.3 is 26.1 Å². The van der Waals surface area contributed by atoms with Crippen molar-refractivity contribution in [2.24, 2.45) is 0 Å². The first kappa shape index (κ1) is 26.8. The van der Waals surface area contributed by atoms with Crippen molar-refractivity contribution in [3.8, 4) is 44.8 Å². The monoisotopic (exact) mass is 694 g/mol. The van der Waals surface area contributed by atoms with Crippen LogP contribution in [-0.2, 0) is 20.1 Å². The average Bonchev–Trinajstić information content (AvgIpc) is 2.88. The van der Waals surface area contributed by atoms with Crippen LogP contribution in [0.1, 0.15) is 10.5 Å². The van der Waals surface area contributed by atoms with Crippen molar-refractivity contribution in [3.63, 3.8) is 0 Å². The van der Waals surface area contributed by atoms with Gasteiger partial charge in [-0.25, -0.2) is 27.3 Å². The summed E-state index contributed by atoms with van der Waals surface area (Å²) in [5.41, 5.74) is -1.19. The Kier molecular flexibility index (Phi) is 7.75. The quantitative estimate of drug-likeness (QED) is 0.205. The summed E-state index contributed by atoms with van der Waals surface area (Å²) in [4.78, 5) is 24.5. The second-order valence-electron chi connectivity index (χ2n) is 7.94. The van der Waals surface area contributed by atoms with Crippen LogP contribution in [0.2, 0.25) is 0 Å². The number of nitrogens with zero attached hydrogens (tertiary/aromatic N) is 3. The molecule has 0 bridgehead atoms. The summed E-state index contributed by atoms with van der Waals surface area (Å²) in [6, 6.07) is 14.0. The minimum absolute atomic E-state index is 0. The molecule has 38 heavy (non-hydrogen) atoms. The Labute approximate surface area is 227 Å². The molecule has 0 atom stereocenters. The molecule has 0 fully saturated rings. The Bertz CT molecular complexity index is 1650. The van der Waals surface area contributed by atoms with Crippen LogP contribution in [0.3, 0.4) is 0 Å². The van der Waals surface area contributed by atoms with Gasteiger partial charge in [0.15, 0.2) is 5.69 Å². The molecule has 0 radical (unpaired) electrons. The number of aromatic nitrogens is 3. The molecule has 3 aromatic heterocycles. The maximum absolute atomic E-state index is 15.2. The third-order valence-electron chi connectivity index (χ3n) is 5.67. The average molecular weight is 694 g/mol. The molecule has 0 aliphatic rings. The van der Waals surface area contributed by atoms with Gasteiger partial charge in [0.2, 0.25) is 0 Å². The van der Waals surface area contributed by atoms with Crippen LogP contribution in [0.4, 0.5) is 17.6 Å². The normalized spacial score (nSPS) is 10.6. The van der Waals surface area contributed by atoms with Gasteiger partial charge < -0.3 is 5.11 Å². The van der Waals surface area contributed by atoms with Gasteiger partial charge in [0, 0.05) is 47.4 Å². The molecule has 0 amide bonds. The molecule has 1 N–H and O–H groups in total. The van der Waals surface area contributed by atoms with E-state index in [2.05, 4.69) is 15.0 Å². The fraction of sp³-hybridized carbons (Fsp3) is 0. The summed E-state index contributed by atoms with van der Waals surface area (Å²) >= 11 is 0. The number of halogens is 4. The van der Waals surface area contributed by atoms with Crippen molar-refractivity contribution in [3.05, 3.63) is 114 Å². The summed E-state index contributed by atoms with van der Waals surface area (Å²) in [6.45, 7) is 0. The minimum Gasteiger partial charge on any atom is -0.476 e. The van der Waals surface area contributed by atoms with Gasteiger partial charge in [-0.2, -0.15) is 0 Å². The molecular weight excluding hydrogens is 679 g/mol. The molecule has 5 nitrogen and oxygen atoms in total. The van der Waals surface area contributed by atoms with Crippen molar-refractivity contribution in [1.29, 1.82) is 0 Å². The molecule has 3 heterocycles. The van der Waals surface area contributed by atoms with E-state index in [1.807, 2.05) is 0 Å². The van der Waals surface area contributed by atoms with E-state index >= 15 is 8.78 Å². The first-order valence-electron chi connectivity index (χ1n) is 10.9. The predicted molar refractivity (Wildman–Crippen MR) is 128 cm³/mol. The number of hydrogen-bond acceptors (Lipinski definition) is 4. The zero-order valence-electron chi connectivity index (χ0n) is 19.1. The van der Waals surface area contributed by atoms with Crippen molar-refractivity contribution in [2.75, 3.05) is 0 Å². The maximum atomic E-state index is 15.2. The molecule has 5 aromatic rings. The molecule has 0 saturated heterocycles. The van der Waals surface area contributed by atoms with Gasteiger partial charge in [0.05, 0.1) is 11.4 Å². The van der Waals surface area contributed by atoms with E-state index in [9.17, 15) is 18.7 Å². The Hall–Kier alpha value is -4.27. The summed E-state index contributed by atoms with van der Waals surface area (Å²) in [7, 11) is 0. The fourth-order valence-corrected chi connectivity index (χ4v) is 4.22. The summed E-state index contributed by atoms with van der Waals surface area (Å²) in [6.07, 6.45) is 3.95. The third kappa shape index (κ3) is 4.96. The molecule has 0 aliphatic carbocycles. The fourth-order valence-electron chi connectivity index (χ4n) is 4.22. The van der Waals surface area contributed by atoms with Gasteiger partial charge in [0.25, 0.3) is 0 Å². The molecule has 0 unspecified atom stereocenters. The van der Waals surface area contributed by atoms with E-state index in [0.717, 1.165) is 18.3 Å². The van der Waals surface area contributed by atoms with E-state index < -0.39 is 34.9 Å². The van der Waals surface area contributed by atoms with Gasteiger partial charge in [-0.05, 0) is 59.2 Å². The van der Waals surface area contributed by atoms with Gasteiger partial charge in [-0.3, -0.25) is 9.97 Å². The maximum Gasteiger partial charge on any atom is 3.00 e. The van der Waals surface area contributed by atoms with Crippen molar-refractivity contribution in [2.45, 2.75) is 0 Å². The predicted octanol–water partition coefficient (Wildman–Crippen LogP) is 6.79. The molecule has 0 aliphatic heterocycles. The topological polar surface area (TPSA) is 76.0 Å². The van der Waals surface area contributed by atoms with Gasteiger partial charge in [0.1, 0.15) is 23.3 Å². The summed E-state index contributed by atoms with van der Waals surface area (Å²) in [5.74, 6) is -5.40. The van der Waals surface area contributed by atoms with Crippen molar-refractivity contribution in [1.82, 2.24) is 15.0 Å². The summed E-state index contributed by atoms with van der Waals surface area (Å²) < 4.78 is 59.6. The van der Waals surface area contributed by atoms with Crippen LogP contribution in [0.25, 0.3) is 44.8 Å². The SMILES string of the molecule is O=C(O)c1nccc(-c2cc(F)cc(F)c2-c2ccccn2)c1-c1cc(F)cc(F)c1-c1ccccn1.[Ir+3]. The Morgan fingerprint density at radius 2 is 1.13 bits per heavy atom. The van der Waals surface area contributed by atoms with Crippen LogP contribution in [-0.4, -0.2) is 26.0 Å². The second kappa shape index (κ2) is 11.0. The molecule has 10 heteroatoms. The van der Waals surface area contributed by atoms with Crippen LogP contribution in [0, 0.1) is 23.3 Å². The zero-order chi connectivity index (χ0) is 26.1.